The van der Waals surface area contributed by atoms with Crippen molar-refractivity contribution in [1.29, 1.82) is 0 Å². The molecule has 3 atom stereocenters. The lowest BCUT2D eigenvalue weighted by Gasteiger charge is -2.36. The first-order chi connectivity index (χ1) is 10.8. The lowest BCUT2D eigenvalue weighted by Crippen LogP contribution is -2.46. The van der Waals surface area contributed by atoms with Crippen LogP contribution < -0.4 is 4.74 Å². The average Bonchev–Trinajstić information content (AvgIpc) is 3.33. The Bertz CT molecular complexity index is 532. The molecule has 0 bridgehead atoms. The summed E-state index contributed by atoms with van der Waals surface area (Å²) in [6.45, 7) is 1.42. The third-order valence-corrected chi connectivity index (χ3v) is 4.92. The Morgan fingerprint density at radius 1 is 1.32 bits per heavy atom. The number of nitrogens with zero attached hydrogens (tertiary/aromatic N) is 2. The SMILES string of the molecule is O=C(C1CC1)N1CC[C@@H]2O[C@@H](COc3cccnc3)CC[C@@H]21. The number of rotatable bonds is 4. The van der Waals surface area contributed by atoms with Crippen molar-refractivity contribution < 1.29 is 14.3 Å². The van der Waals surface area contributed by atoms with E-state index in [2.05, 4.69) is 9.88 Å². The van der Waals surface area contributed by atoms with E-state index in [-0.39, 0.29) is 12.2 Å². The summed E-state index contributed by atoms with van der Waals surface area (Å²) in [6.07, 6.45) is 8.88. The van der Waals surface area contributed by atoms with Gasteiger partial charge in [-0.05, 0) is 44.2 Å². The first-order valence-corrected chi connectivity index (χ1v) is 8.30. The normalized spacial score (nSPS) is 30.9. The molecule has 1 saturated carbocycles. The standard InChI is InChI=1S/C17H22N2O3/c20-17(12-3-4-12)19-9-7-16-15(19)6-5-14(22-16)11-21-13-2-1-8-18-10-13/h1-2,8,10,12,14-16H,3-7,9,11H2/t14-,15+,16+/m1/s1. The predicted molar refractivity (Wildman–Crippen MR) is 80.5 cm³/mol. The van der Waals surface area contributed by atoms with Gasteiger partial charge in [0.2, 0.25) is 5.91 Å². The minimum atomic E-state index is 0.123. The zero-order chi connectivity index (χ0) is 14.9. The van der Waals surface area contributed by atoms with Gasteiger partial charge < -0.3 is 14.4 Å². The van der Waals surface area contributed by atoms with Crippen molar-refractivity contribution in [3.63, 3.8) is 0 Å². The number of ether oxygens (including phenoxy) is 2. The number of hydrogen-bond acceptors (Lipinski definition) is 4. The van der Waals surface area contributed by atoms with Crippen LogP contribution in [0.25, 0.3) is 0 Å². The summed E-state index contributed by atoms with van der Waals surface area (Å²) in [5, 5.41) is 0. The molecule has 3 fully saturated rings. The molecule has 3 heterocycles. The molecule has 5 heteroatoms. The molecule has 1 aromatic heterocycles. The molecule has 118 valence electrons. The number of amides is 1. The van der Waals surface area contributed by atoms with Crippen LogP contribution in [0.1, 0.15) is 32.1 Å². The van der Waals surface area contributed by atoms with Crippen LogP contribution >= 0.6 is 0 Å². The fraction of sp³-hybridized carbons (Fsp3) is 0.647. The molecule has 5 nitrogen and oxygen atoms in total. The Morgan fingerprint density at radius 3 is 3.00 bits per heavy atom. The number of aromatic nitrogens is 1. The Balaban J connectivity index is 1.30. The van der Waals surface area contributed by atoms with Crippen molar-refractivity contribution in [3.05, 3.63) is 24.5 Å². The van der Waals surface area contributed by atoms with Gasteiger partial charge in [-0.15, -0.1) is 0 Å². The number of carbonyl (C=O) groups is 1. The van der Waals surface area contributed by atoms with Crippen LogP contribution in [0.5, 0.6) is 5.75 Å². The maximum absolute atomic E-state index is 12.3. The molecule has 0 unspecified atom stereocenters. The van der Waals surface area contributed by atoms with Gasteiger partial charge in [0.1, 0.15) is 12.4 Å². The zero-order valence-electron chi connectivity index (χ0n) is 12.7. The monoisotopic (exact) mass is 302 g/mol. The van der Waals surface area contributed by atoms with Crippen molar-refractivity contribution in [3.8, 4) is 5.75 Å². The summed E-state index contributed by atoms with van der Waals surface area (Å²) in [4.78, 5) is 18.4. The van der Waals surface area contributed by atoms with Gasteiger partial charge in [0.15, 0.2) is 0 Å². The molecule has 1 amide bonds. The number of likely N-dealkylation sites (tertiary alicyclic amines) is 1. The van der Waals surface area contributed by atoms with Crippen molar-refractivity contribution in [2.45, 2.75) is 50.4 Å². The van der Waals surface area contributed by atoms with Crippen LogP contribution in [0, 0.1) is 5.92 Å². The highest BCUT2D eigenvalue weighted by molar-refractivity contribution is 5.81. The maximum Gasteiger partial charge on any atom is 0.226 e. The fourth-order valence-electron chi connectivity index (χ4n) is 3.58. The van der Waals surface area contributed by atoms with Gasteiger partial charge in [0.05, 0.1) is 24.4 Å². The quantitative estimate of drug-likeness (QED) is 0.854. The minimum absolute atomic E-state index is 0.123. The van der Waals surface area contributed by atoms with Crippen molar-refractivity contribution in [2.75, 3.05) is 13.2 Å². The van der Waals surface area contributed by atoms with Gasteiger partial charge in [-0.1, -0.05) is 0 Å². The van der Waals surface area contributed by atoms with E-state index in [0.29, 0.717) is 24.5 Å². The number of pyridine rings is 1. The Morgan fingerprint density at radius 2 is 2.23 bits per heavy atom. The van der Waals surface area contributed by atoms with Crippen LogP contribution in [0.3, 0.4) is 0 Å². The van der Waals surface area contributed by atoms with Gasteiger partial charge in [-0.2, -0.15) is 0 Å². The highest BCUT2D eigenvalue weighted by Gasteiger charge is 2.45. The van der Waals surface area contributed by atoms with Gasteiger partial charge >= 0.3 is 0 Å². The maximum atomic E-state index is 12.3. The molecular weight excluding hydrogens is 280 g/mol. The number of fused-ring (bicyclic) bond motifs is 1. The molecule has 0 spiro atoms. The molecule has 0 radical (unpaired) electrons. The van der Waals surface area contributed by atoms with Crippen molar-refractivity contribution >= 4 is 5.91 Å². The largest absolute Gasteiger partial charge is 0.489 e. The van der Waals surface area contributed by atoms with E-state index in [0.717, 1.165) is 44.4 Å². The van der Waals surface area contributed by atoms with Crippen molar-refractivity contribution in [1.82, 2.24) is 9.88 Å². The summed E-state index contributed by atoms with van der Waals surface area (Å²) >= 11 is 0. The summed E-state index contributed by atoms with van der Waals surface area (Å²) in [5.41, 5.74) is 0. The van der Waals surface area contributed by atoms with Crippen LogP contribution in [-0.4, -0.2) is 47.2 Å². The minimum Gasteiger partial charge on any atom is -0.489 e. The first kappa shape index (κ1) is 14.0. The highest BCUT2D eigenvalue weighted by atomic mass is 16.5. The summed E-state index contributed by atoms with van der Waals surface area (Å²) in [7, 11) is 0. The van der Waals surface area contributed by atoms with Gasteiger partial charge in [0, 0.05) is 18.7 Å². The third kappa shape index (κ3) is 2.82. The van der Waals surface area contributed by atoms with E-state index in [9.17, 15) is 4.79 Å². The fourth-order valence-corrected chi connectivity index (χ4v) is 3.58. The Labute approximate surface area is 130 Å². The molecule has 0 aromatic carbocycles. The second-order valence-corrected chi connectivity index (χ2v) is 6.54. The number of carbonyl (C=O) groups excluding carboxylic acids is 1. The van der Waals surface area contributed by atoms with Gasteiger partial charge in [-0.3, -0.25) is 9.78 Å². The van der Waals surface area contributed by atoms with Crippen LogP contribution in [0.15, 0.2) is 24.5 Å². The van der Waals surface area contributed by atoms with E-state index in [1.807, 2.05) is 12.1 Å². The summed E-state index contributed by atoms with van der Waals surface area (Å²) < 4.78 is 11.9. The third-order valence-electron chi connectivity index (χ3n) is 4.92. The second-order valence-electron chi connectivity index (χ2n) is 6.54. The summed E-state index contributed by atoms with van der Waals surface area (Å²) in [5.74, 6) is 1.46. The van der Waals surface area contributed by atoms with Gasteiger partial charge in [-0.25, -0.2) is 0 Å². The topological polar surface area (TPSA) is 51.7 Å². The molecule has 4 rings (SSSR count). The predicted octanol–water partition coefficient (Wildman–Crippen LogP) is 2.02. The highest BCUT2D eigenvalue weighted by Crippen LogP contribution is 2.37. The molecule has 0 N–H and O–H groups in total. The molecular formula is C17H22N2O3. The Hall–Kier alpha value is -1.62. The van der Waals surface area contributed by atoms with Crippen LogP contribution in [0.4, 0.5) is 0 Å². The van der Waals surface area contributed by atoms with Crippen LogP contribution in [-0.2, 0) is 9.53 Å². The van der Waals surface area contributed by atoms with E-state index in [1.54, 1.807) is 12.4 Å². The summed E-state index contributed by atoms with van der Waals surface area (Å²) in [6, 6.07) is 4.07. The van der Waals surface area contributed by atoms with E-state index < -0.39 is 0 Å². The zero-order valence-corrected chi connectivity index (χ0v) is 12.7. The molecule has 2 aliphatic heterocycles. The molecule has 1 aliphatic carbocycles. The second kappa shape index (κ2) is 5.88. The number of hydrogen-bond donors (Lipinski definition) is 0. The van der Waals surface area contributed by atoms with Crippen LogP contribution in [0.2, 0.25) is 0 Å². The van der Waals surface area contributed by atoms with Gasteiger partial charge in [0.25, 0.3) is 0 Å². The first-order valence-electron chi connectivity index (χ1n) is 8.30. The molecule has 2 saturated heterocycles. The van der Waals surface area contributed by atoms with E-state index in [4.69, 9.17) is 9.47 Å². The smallest absolute Gasteiger partial charge is 0.226 e. The lowest BCUT2D eigenvalue weighted by atomic mass is 9.99. The van der Waals surface area contributed by atoms with E-state index >= 15 is 0 Å². The average molecular weight is 302 g/mol. The molecule has 1 aromatic rings. The van der Waals surface area contributed by atoms with Crippen molar-refractivity contribution in [2.24, 2.45) is 5.92 Å². The van der Waals surface area contributed by atoms with E-state index in [1.165, 1.54) is 0 Å². The molecule has 3 aliphatic rings. The molecule has 22 heavy (non-hydrogen) atoms. The Kier molecular flexibility index (Phi) is 3.74. The lowest BCUT2D eigenvalue weighted by molar-refractivity contribution is -0.139.